The highest BCUT2D eigenvalue weighted by Crippen LogP contribution is 2.17. The van der Waals surface area contributed by atoms with Crippen LogP contribution in [0.3, 0.4) is 0 Å². The monoisotopic (exact) mass is 258 g/mol. The summed E-state index contributed by atoms with van der Waals surface area (Å²) >= 11 is 0. The van der Waals surface area contributed by atoms with Crippen molar-refractivity contribution in [3.05, 3.63) is 36.0 Å². The van der Waals surface area contributed by atoms with Crippen molar-refractivity contribution >= 4 is 16.8 Å². The highest BCUT2D eigenvalue weighted by atomic mass is 16.1. The summed E-state index contributed by atoms with van der Waals surface area (Å²) < 4.78 is 0. The van der Waals surface area contributed by atoms with Gasteiger partial charge in [0.1, 0.15) is 0 Å². The molecule has 0 saturated carbocycles. The number of hydrogen-bond acceptors (Lipinski definition) is 1. The molecule has 0 aliphatic heterocycles. The van der Waals surface area contributed by atoms with Gasteiger partial charge in [-0.05, 0) is 24.0 Å². The molecule has 0 radical (unpaired) electrons. The maximum Gasteiger partial charge on any atom is 0.223 e. The third-order valence-corrected chi connectivity index (χ3v) is 3.78. The van der Waals surface area contributed by atoms with Crippen molar-refractivity contribution in [3.8, 4) is 0 Å². The first-order chi connectivity index (χ1) is 9.09. The van der Waals surface area contributed by atoms with Crippen LogP contribution in [0, 0.1) is 11.8 Å². The number of para-hydroxylation sites is 1. The van der Waals surface area contributed by atoms with E-state index in [-0.39, 0.29) is 11.8 Å². The Hall–Kier alpha value is -1.77. The molecule has 2 rings (SSSR count). The first-order valence-corrected chi connectivity index (χ1v) is 6.92. The van der Waals surface area contributed by atoms with Gasteiger partial charge in [-0.3, -0.25) is 4.79 Å². The van der Waals surface area contributed by atoms with Crippen LogP contribution in [0.15, 0.2) is 30.5 Å². The van der Waals surface area contributed by atoms with Gasteiger partial charge in [-0.25, -0.2) is 0 Å². The van der Waals surface area contributed by atoms with Crippen molar-refractivity contribution < 1.29 is 4.79 Å². The molecule has 0 aliphatic rings. The van der Waals surface area contributed by atoms with E-state index in [1.807, 2.05) is 25.3 Å². The number of carbonyl (C=O) groups is 1. The first-order valence-electron chi connectivity index (χ1n) is 6.92. The van der Waals surface area contributed by atoms with Crippen molar-refractivity contribution in [1.29, 1.82) is 0 Å². The minimum absolute atomic E-state index is 0.0722. The van der Waals surface area contributed by atoms with Crippen LogP contribution in [0.5, 0.6) is 0 Å². The Morgan fingerprint density at radius 2 is 2.00 bits per heavy atom. The zero-order valence-electron chi connectivity index (χ0n) is 11.9. The van der Waals surface area contributed by atoms with E-state index in [0.717, 1.165) is 11.9 Å². The van der Waals surface area contributed by atoms with E-state index in [1.165, 1.54) is 10.9 Å². The number of benzene rings is 1. The Morgan fingerprint density at radius 1 is 1.26 bits per heavy atom. The van der Waals surface area contributed by atoms with Crippen LogP contribution in [0.25, 0.3) is 10.9 Å². The molecule has 0 bridgehead atoms. The molecular weight excluding hydrogens is 236 g/mol. The molecule has 1 unspecified atom stereocenters. The molecule has 0 aliphatic carbocycles. The summed E-state index contributed by atoms with van der Waals surface area (Å²) in [4.78, 5) is 15.1. The number of nitrogens with one attached hydrogen (secondary N) is 2. The fraction of sp³-hybridized carbons (Fsp3) is 0.438. The molecule has 0 saturated heterocycles. The molecule has 3 heteroatoms. The van der Waals surface area contributed by atoms with Gasteiger partial charge in [0, 0.05) is 29.6 Å². The van der Waals surface area contributed by atoms with Gasteiger partial charge in [-0.2, -0.15) is 0 Å². The van der Waals surface area contributed by atoms with Gasteiger partial charge in [0.05, 0.1) is 0 Å². The Morgan fingerprint density at radius 3 is 2.74 bits per heavy atom. The molecule has 3 nitrogen and oxygen atoms in total. The number of aromatic nitrogens is 1. The number of fused-ring (bicyclic) bond motifs is 1. The largest absolute Gasteiger partial charge is 0.361 e. The number of rotatable bonds is 5. The molecule has 102 valence electrons. The topological polar surface area (TPSA) is 44.9 Å². The van der Waals surface area contributed by atoms with Gasteiger partial charge in [0.2, 0.25) is 5.91 Å². The summed E-state index contributed by atoms with van der Waals surface area (Å²) in [6.07, 6.45) is 2.89. The third-order valence-electron chi connectivity index (χ3n) is 3.78. The van der Waals surface area contributed by atoms with Gasteiger partial charge >= 0.3 is 0 Å². The van der Waals surface area contributed by atoms with Crippen molar-refractivity contribution in [1.82, 2.24) is 10.3 Å². The predicted octanol–water partition coefficient (Wildman–Crippen LogP) is 3.12. The molecule has 1 aromatic carbocycles. The minimum atomic E-state index is 0.0722. The van der Waals surface area contributed by atoms with E-state index in [0.29, 0.717) is 12.5 Å². The van der Waals surface area contributed by atoms with Crippen LogP contribution in [0.2, 0.25) is 0 Å². The fourth-order valence-electron chi connectivity index (χ4n) is 2.12. The standard InChI is InChI=1S/C16H22N2O/c1-11(2)12(3)16(19)17-9-8-13-10-18-15-7-5-4-6-14(13)15/h4-7,10-12,18H,8-9H2,1-3H3,(H,17,19). The summed E-state index contributed by atoms with van der Waals surface area (Å²) in [7, 11) is 0. The van der Waals surface area contributed by atoms with Gasteiger partial charge < -0.3 is 10.3 Å². The number of H-pyrrole nitrogens is 1. The quantitative estimate of drug-likeness (QED) is 0.850. The van der Waals surface area contributed by atoms with Crippen LogP contribution >= 0.6 is 0 Å². The first kappa shape index (κ1) is 13.7. The molecule has 1 amide bonds. The van der Waals surface area contributed by atoms with E-state index in [9.17, 15) is 4.79 Å². The van der Waals surface area contributed by atoms with Crippen molar-refractivity contribution in [2.45, 2.75) is 27.2 Å². The summed E-state index contributed by atoms with van der Waals surface area (Å²) in [6, 6.07) is 8.24. The lowest BCUT2D eigenvalue weighted by Crippen LogP contribution is -2.33. The number of hydrogen-bond donors (Lipinski definition) is 2. The molecule has 19 heavy (non-hydrogen) atoms. The highest BCUT2D eigenvalue weighted by Gasteiger charge is 2.15. The average Bonchev–Trinajstić information content (AvgIpc) is 2.81. The average molecular weight is 258 g/mol. The fourth-order valence-corrected chi connectivity index (χ4v) is 2.12. The molecule has 0 spiro atoms. The molecule has 1 atom stereocenters. The Balaban J connectivity index is 1.91. The Bertz CT molecular complexity index is 557. The van der Waals surface area contributed by atoms with Gasteiger partial charge in [0.25, 0.3) is 0 Å². The normalized spacial score (nSPS) is 12.8. The van der Waals surface area contributed by atoms with E-state index >= 15 is 0 Å². The minimum Gasteiger partial charge on any atom is -0.361 e. The summed E-state index contributed by atoms with van der Waals surface area (Å²) in [5, 5.41) is 4.26. The van der Waals surface area contributed by atoms with Crippen molar-refractivity contribution in [2.24, 2.45) is 11.8 Å². The molecule has 2 aromatic rings. The van der Waals surface area contributed by atoms with Crippen molar-refractivity contribution in [2.75, 3.05) is 6.54 Å². The lowest BCUT2D eigenvalue weighted by atomic mass is 9.97. The van der Waals surface area contributed by atoms with Gasteiger partial charge in [-0.1, -0.05) is 39.0 Å². The Labute approximate surface area is 114 Å². The zero-order chi connectivity index (χ0) is 13.8. The molecule has 2 N–H and O–H groups in total. The number of carbonyl (C=O) groups excluding carboxylic acids is 1. The lowest BCUT2D eigenvalue weighted by Gasteiger charge is -2.15. The van der Waals surface area contributed by atoms with Crippen LogP contribution < -0.4 is 5.32 Å². The second-order valence-electron chi connectivity index (χ2n) is 5.43. The summed E-state index contributed by atoms with van der Waals surface area (Å²) in [5.74, 6) is 0.603. The van der Waals surface area contributed by atoms with Crippen LogP contribution in [-0.4, -0.2) is 17.4 Å². The van der Waals surface area contributed by atoms with Crippen LogP contribution in [0.1, 0.15) is 26.3 Å². The number of aromatic amines is 1. The smallest absolute Gasteiger partial charge is 0.223 e. The number of amides is 1. The maximum atomic E-state index is 11.9. The summed E-state index contributed by atoms with van der Waals surface area (Å²) in [5.41, 5.74) is 2.41. The lowest BCUT2D eigenvalue weighted by molar-refractivity contribution is -0.125. The van der Waals surface area contributed by atoms with Crippen LogP contribution in [-0.2, 0) is 11.2 Å². The van der Waals surface area contributed by atoms with E-state index in [1.54, 1.807) is 0 Å². The predicted molar refractivity (Wildman–Crippen MR) is 79.0 cm³/mol. The third kappa shape index (κ3) is 3.16. The van der Waals surface area contributed by atoms with Crippen LogP contribution in [0.4, 0.5) is 0 Å². The SMILES string of the molecule is CC(C)C(C)C(=O)NCCc1c[nH]c2ccccc12. The van der Waals surface area contributed by atoms with Gasteiger partial charge in [0.15, 0.2) is 0 Å². The second-order valence-corrected chi connectivity index (χ2v) is 5.43. The highest BCUT2D eigenvalue weighted by molar-refractivity contribution is 5.83. The second kappa shape index (κ2) is 5.91. The van der Waals surface area contributed by atoms with Gasteiger partial charge in [-0.15, -0.1) is 0 Å². The van der Waals surface area contributed by atoms with E-state index in [4.69, 9.17) is 0 Å². The van der Waals surface area contributed by atoms with E-state index in [2.05, 4.69) is 36.3 Å². The molecule has 1 heterocycles. The molecule has 0 fully saturated rings. The molecule has 1 aromatic heterocycles. The van der Waals surface area contributed by atoms with E-state index < -0.39 is 0 Å². The maximum absolute atomic E-state index is 11.9. The van der Waals surface area contributed by atoms with Crippen molar-refractivity contribution in [3.63, 3.8) is 0 Å². The molecular formula is C16H22N2O. The Kier molecular flexibility index (Phi) is 4.25. The summed E-state index contributed by atoms with van der Waals surface area (Å²) in [6.45, 7) is 6.82. The zero-order valence-corrected chi connectivity index (χ0v) is 11.9.